The number of aromatic nitrogens is 2. The van der Waals surface area contributed by atoms with Crippen LogP contribution in [0.2, 0.25) is 0 Å². The second-order valence-corrected chi connectivity index (χ2v) is 5.79. The van der Waals surface area contributed by atoms with Gasteiger partial charge in [-0.2, -0.15) is 0 Å². The van der Waals surface area contributed by atoms with Gasteiger partial charge in [0, 0.05) is 51.9 Å². The molecule has 1 aromatic heterocycles. The van der Waals surface area contributed by atoms with Gasteiger partial charge in [0.15, 0.2) is 0 Å². The number of nitrogens with zero attached hydrogens (tertiary/aromatic N) is 5. The van der Waals surface area contributed by atoms with E-state index in [1.807, 2.05) is 24.9 Å². The maximum atomic E-state index is 12.3. The maximum absolute atomic E-state index is 12.3. The van der Waals surface area contributed by atoms with E-state index in [1.54, 1.807) is 6.33 Å². The topological polar surface area (TPSA) is 64.6 Å². The number of carbonyl (C=O) groups excluding carboxylic acids is 1. The molecule has 2 aliphatic heterocycles. The third-order valence-electron chi connectivity index (χ3n) is 4.65. The van der Waals surface area contributed by atoms with E-state index in [2.05, 4.69) is 25.1 Å². The molecule has 3 rings (SSSR count). The highest BCUT2D eigenvalue weighted by Gasteiger charge is 2.34. The zero-order valence-electron chi connectivity index (χ0n) is 13.3. The van der Waals surface area contributed by atoms with Crippen LogP contribution in [0.4, 0.5) is 16.4 Å². The van der Waals surface area contributed by atoms with E-state index in [1.165, 1.54) is 0 Å². The van der Waals surface area contributed by atoms with Crippen molar-refractivity contribution in [2.75, 3.05) is 50.0 Å². The van der Waals surface area contributed by atoms with Crippen LogP contribution in [0.15, 0.2) is 12.4 Å². The summed E-state index contributed by atoms with van der Waals surface area (Å²) in [5, 5.41) is 3.04. The van der Waals surface area contributed by atoms with Gasteiger partial charge in [-0.15, -0.1) is 0 Å². The molecule has 7 heteroatoms. The molecule has 7 nitrogen and oxygen atoms in total. The minimum Gasteiger partial charge on any atom is -0.373 e. The van der Waals surface area contributed by atoms with Crippen LogP contribution < -0.4 is 10.2 Å². The molecule has 120 valence electrons. The lowest BCUT2D eigenvalue weighted by molar-refractivity contribution is 0.169. The molecular formula is C15H24N6O. The Morgan fingerprint density at radius 3 is 2.64 bits per heavy atom. The molecule has 0 bridgehead atoms. The first-order valence-electron chi connectivity index (χ1n) is 8.03. The third kappa shape index (κ3) is 2.80. The van der Waals surface area contributed by atoms with Crippen molar-refractivity contribution in [3.63, 3.8) is 0 Å². The van der Waals surface area contributed by atoms with E-state index in [4.69, 9.17) is 0 Å². The van der Waals surface area contributed by atoms with Crippen molar-refractivity contribution in [3.05, 3.63) is 12.4 Å². The summed E-state index contributed by atoms with van der Waals surface area (Å²) >= 11 is 0. The fraction of sp³-hybridized carbons (Fsp3) is 0.667. The predicted octanol–water partition coefficient (Wildman–Crippen LogP) is 1.24. The number of amides is 2. The fourth-order valence-corrected chi connectivity index (χ4v) is 3.30. The Morgan fingerprint density at radius 2 is 2.00 bits per heavy atom. The lowest BCUT2D eigenvalue weighted by Gasteiger charge is -2.37. The molecular weight excluding hydrogens is 280 g/mol. The van der Waals surface area contributed by atoms with Crippen LogP contribution in [-0.4, -0.2) is 71.6 Å². The second kappa shape index (κ2) is 6.37. The van der Waals surface area contributed by atoms with Gasteiger partial charge in [0.05, 0.1) is 0 Å². The molecule has 0 aromatic carbocycles. The first-order chi connectivity index (χ1) is 10.7. The van der Waals surface area contributed by atoms with Crippen LogP contribution in [-0.2, 0) is 0 Å². The van der Waals surface area contributed by atoms with Crippen LogP contribution in [0.25, 0.3) is 0 Å². The molecule has 2 fully saturated rings. The highest BCUT2D eigenvalue weighted by molar-refractivity contribution is 5.76. The van der Waals surface area contributed by atoms with Crippen molar-refractivity contribution in [2.24, 2.45) is 0 Å². The van der Waals surface area contributed by atoms with Gasteiger partial charge >= 0.3 is 6.03 Å². The Kier molecular flexibility index (Phi) is 4.31. The van der Waals surface area contributed by atoms with Crippen molar-refractivity contribution in [1.82, 2.24) is 19.8 Å². The van der Waals surface area contributed by atoms with E-state index in [0.29, 0.717) is 6.04 Å². The average Bonchev–Trinajstić information content (AvgIpc) is 2.96. The Labute approximate surface area is 131 Å². The van der Waals surface area contributed by atoms with Gasteiger partial charge in [-0.05, 0) is 19.8 Å². The number of hydrogen-bond acceptors (Lipinski definition) is 5. The van der Waals surface area contributed by atoms with Crippen molar-refractivity contribution < 1.29 is 4.79 Å². The summed E-state index contributed by atoms with van der Waals surface area (Å²) in [6.07, 6.45) is 3.60. The number of piperidine rings is 1. The number of carbonyl (C=O) groups is 1. The van der Waals surface area contributed by atoms with Crippen molar-refractivity contribution in [2.45, 2.75) is 25.8 Å². The molecule has 1 N–H and O–H groups in total. The third-order valence-corrected chi connectivity index (χ3v) is 4.65. The molecule has 2 amide bonds. The first kappa shape index (κ1) is 14.9. The molecule has 2 saturated heterocycles. The van der Waals surface area contributed by atoms with Crippen LogP contribution in [0.3, 0.4) is 0 Å². The SMILES string of the molecule is CCN1CCN(C2CCN(c3cc(NC)ncn3)CC2)C1=O. The molecule has 0 atom stereocenters. The fourth-order valence-electron chi connectivity index (χ4n) is 3.30. The van der Waals surface area contributed by atoms with E-state index < -0.39 is 0 Å². The smallest absolute Gasteiger partial charge is 0.320 e. The van der Waals surface area contributed by atoms with Gasteiger partial charge < -0.3 is 20.0 Å². The second-order valence-electron chi connectivity index (χ2n) is 5.79. The summed E-state index contributed by atoms with van der Waals surface area (Å²) in [5.74, 6) is 1.79. The number of hydrogen-bond donors (Lipinski definition) is 1. The zero-order chi connectivity index (χ0) is 15.5. The molecule has 0 saturated carbocycles. The van der Waals surface area contributed by atoms with Crippen LogP contribution in [0, 0.1) is 0 Å². The Morgan fingerprint density at radius 1 is 1.23 bits per heavy atom. The maximum Gasteiger partial charge on any atom is 0.320 e. The molecule has 0 radical (unpaired) electrons. The number of urea groups is 1. The van der Waals surface area contributed by atoms with E-state index in [-0.39, 0.29) is 6.03 Å². The molecule has 2 aliphatic rings. The van der Waals surface area contributed by atoms with Crippen LogP contribution >= 0.6 is 0 Å². The number of anilines is 2. The lowest BCUT2D eigenvalue weighted by atomic mass is 10.0. The minimum absolute atomic E-state index is 0.209. The monoisotopic (exact) mass is 304 g/mol. The van der Waals surface area contributed by atoms with Gasteiger partial charge in [0.1, 0.15) is 18.0 Å². The Bertz CT molecular complexity index is 529. The summed E-state index contributed by atoms with van der Waals surface area (Å²) in [6, 6.07) is 2.55. The summed E-state index contributed by atoms with van der Waals surface area (Å²) in [6.45, 7) is 6.45. The number of nitrogens with one attached hydrogen (secondary N) is 1. The first-order valence-corrected chi connectivity index (χ1v) is 8.03. The summed E-state index contributed by atoms with van der Waals surface area (Å²) in [7, 11) is 1.86. The van der Waals surface area contributed by atoms with Crippen LogP contribution in [0.1, 0.15) is 19.8 Å². The molecule has 0 unspecified atom stereocenters. The van der Waals surface area contributed by atoms with Crippen molar-refractivity contribution in [3.8, 4) is 0 Å². The van der Waals surface area contributed by atoms with Gasteiger partial charge in [-0.25, -0.2) is 14.8 Å². The molecule has 22 heavy (non-hydrogen) atoms. The van der Waals surface area contributed by atoms with Crippen molar-refractivity contribution >= 4 is 17.7 Å². The van der Waals surface area contributed by atoms with E-state index in [9.17, 15) is 4.79 Å². The van der Waals surface area contributed by atoms with Crippen molar-refractivity contribution in [1.29, 1.82) is 0 Å². The normalized spacial score (nSPS) is 19.9. The van der Waals surface area contributed by atoms with E-state index in [0.717, 1.165) is 57.2 Å². The highest BCUT2D eigenvalue weighted by Crippen LogP contribution is 2.24. The quantitative estimate of drug-likeness (QED) is 0.907. The molecule has 0 aliphatic carbocycles. The average molecular weight is 304 g/mol. The van der Waals surface area contributed by atoms with Gasteiger partial charge in [0.25, 0.3) is 0 Å². The largest absolute Gasteiger partial charge is 0.373 e. The minimum atomic E-state index is 0.209. The standard InChI is InChI=1S/C15H24N6O/c1-3-19-8-9-21(15(19)22)12-4-6-20(7-5-12)14-10-13(16-2)17-11-18-14/h10-12H,3-9H2,1-2H3,(H,16,17,18). The molecule has 0 spiro atoms. The summed E-state index contributed by atoms with van der Waals surface area (Å²) in [5.41, 5.74) is 0. The van der Waals surface area contributed by atoms with E-state index >= 15 is 0 Å². The highest BCUT2D eigenvalue weighted by atomic mass is 16.2. The Balaban J connectivity index is 1.59. The predicted molar refractivity (Wildman–Crippen MR) is 86.2 cm³/mol. The lowest BCUT2D eigenvalue weighted by Crippen LogP contribution is -2.46. The number of likely N-dealkylation sites (N-methyl/N-ethyl adjacent to an activating group) is 1. The zero-order valence-corrected chi connectivity index (χ0v) is 13.3. The number of rotatable bonds is 4. The molecule has 3 heterocycles. The van der Waals surface area contributed by atoms with Gasteiger partial charge in [0.2, 0.25) is 0 Å². The van der Waals surface area contributed by atoms with Crippen LogP contribution in [0.5, 0.6) is 0 Å². The Hall–Kier alpha value is -2.05. The summed E-state index contributed by atoms with van der Waals surface area (Å²) < 4.78 is 0. The van der Waals surface area contributed by atoms with Gasteiger partial charge in [-0.3, -0.25) is 0 Å². The molecule has 1 aromatic rings. The van der Waals surface area contributed by atoms with Gasteiger partial charge in [-0.1, -0.05) is 0 Å². The summed E-state index contributed by atoms with van der Waals surface area (Å²) in [4.78, 5) is 27.0.